The van der Waals surface area contributed by atoms with Gasteiger partial charge in [0.1, 0.15) is 25.0 Å². The molecule has 0 radical (unpaired) electrons. The molecule has 0 aliphatic carbocycles. The lowest BCUT2D eigenvalue weighted by Crippen LogP contribution is -1.78. The lowest BCUT2D eigenvalue weighted by atomic mass is 10.6. The highest BCUT2D eigenvalue weighted by atomic mass is 17.2. The minimum atomic E-state index is 1.46. The van der Waals surface area contributed by atoms with Crippen LogP contribution in [0.2, 0.25) is 0 Å². The third kappa shape index (κ3) is 4.05. The first kappa shape index (κ1) is 8.26. The zero-order valence-corrected chi connectivity index (χ0v) is 6.25. The summed E-state index contributed by atoms with van der Waals surface area (Å²) in [6, 6.07) is 0. The standard InChI is InChI=1S/2C4H4O2/c2*1-2-4-6-5-3-1/h2*1-4H. The second kappa shape index (κ2) is 5.91. The molecule has 0 fully saturated rings. The van der Waals surface area contributed by atoms with Gasteiger partial charge in [-0.1, -0.05) is 0 Å². The smallest absolute Gasteiger partial charge is 0.142 e. The highest BCUT2D eigenvalue weighted by molar-refractivity contribution is 4.97. The summed E-state index contributed by atoms with van der Waals surface area (Å²) < 4.78 is 0. The molecule has 0 unspecified atom stereocenters. The zero-order chi connectivity index (χ0) is 8.49. The van der Waals surface area contributed by atoms with E-state index in [2.05, 4.69) is 19.6 Å². The number of allylic oxidation sites excluding steroid dienone is 4. The second-order valence-corrected chi connectivity index (χ2v) is 1.70. The van der Waals surface area contributed by atoms with Crippen molar-refractivity contribution >= 4 is 0 Å². The molecule has 2 heterocycles. The Labute approximate surface area is 69.8 Å². The molecule has 0 bridgehead atoms. The van der Waals surface area contributed by atoms with Gasteiger partial charge in [-0.15, -0.1) is 0 Å². The average Bonchev–Trinajstić information content (AvgIpc) is 2.24. The molecule has 2 aliphatic heterocycles. The molecular formula is C8H8O4. The van der Waals surface area contributed by atoms with E-state index in [-0.39, 0.29) is 0 Å². The summed E-state index contributed by atoms with van der Waals surface area (Å²) in [6.45, 7) is 0. The lowest BCUT2D eigenvalue weighted by molar-refractivity contribution is -0.198. The van der Waals surface area contributed by atoms with Gasteiger partial charge in [0.15, 0.2) is 0 Å². The largest absolute Gasteiger partial charge is 0.299 e. The van der Waals surface area contributed by atoms with E-state index in [0.29, 0.717) is 0 Å². The van der Waals surface area contributed by atoms with E-state index in [1.807, 2.05) is 0 Å². The Kier molecular flexibility index (Phi) is 4.07. The molecule has 0 atom stereocenters. The molecule has 0 N–H and O–H groups in total. The van der Waals surface area contributed by atoms with Gasteiger partial charge in [-0.25, -0.2) is 0 Å². The Morgan fingerprint density at radius 2 is 0.667 bits per heavy atom. The predicted molar refractivity (Wildman–Crippen MR) is 40.9 cm³/mol. The number of hydrogen-bond donors (Lipinski definition) is 0. The van der Waals surface area contributed by atoms with Crippen molar-refractivity contribution < 1.29 is 19.6 Å². The van der Waals surface area contributed by atoms with Gasteiger partial charge in [0.05, 0.1) is 0 Å². The van der Waals surface area contributed by atoms with Crippen LogP contribution >= 0.6 is 0 Å². The highest BCUT2D eigenvalue weighted by Crippen LogP contribution is 1.90. The molecule has 0 aromatic carbocycles. The maximum atomic E-state index is 4.30. The van der Waals surface area contributed by atoms with Crippen molar-refractivity contribution in [1.82, 2.24) is 0 Å². The van der Waals surface area contributed by atoms with Crippen LogP contribution in [0.1, 0.15) is 0 Å². The summed E-state index contributed by atoms with van der Waals surface area (Å²) in [5.41, 5.74) is 0. The molecule has 12 heavy (non-hydrogen) atoms. The topological polar surface area (TPSA) is 36.9 Å². The van der Waals surface area contributed by atoms with E-state index in [1.165, 1.54) is 25.0 Å². The molecule has 0 saturated carbocycles. The maximum absolute atomic E-state index is 4.30. The van der Waals surface area contributed by atoms with Crippen molar-refractivity contribution in [2.45, 2.75) is 0 Å². The van der Waals surface area contributed by atoms with E-state index >= 15 is 0 Å². The van der Waals surface area contributed by atoms with Crippen molar-refractivity contribution in [3.8, 4) is 0 Å². The molecule has 0 aromatic rings. The third-order valence-corrected chi connectivity index (χ3v) is 0.870. The van der Waals surface area contributed by atoms with Crippen LogP contribution in [0.5, 0.6) is 0 Å². The van der Waals surface area contributed by atoms with Crippen LogP contribution in [0, 0.1) is 0 Å². The Hall–Kier alpha value is -1.84. The predicted octanol–water partition coefficient (Wildman–Crippen LogP) is 1.95. The zero-order valence-electron chi connectivity index (χ0n) is 6.25. The van der Waals surface area contributed by atoms with Gasteiger partial charge in [-0.05, 0) is 24.3 Å². The van der Waals surface area contributed by atoms with Crippen LogP contribution in [-0.4, -0.2) is 0 Å². The molecule has 64 valence electrons. The van der Waals surface area contributed by atoms with Crippen molar-refractivity contribution in [2.75, 3.05) is 0 Å². The summed E-state index contributed by atoms with van der Waals surface area (Å²) in [4.78, 5) is 17.2. The van der Waals surface area contributed by atoms with Crippen LogP contribution in [0.15, 0.2) is 49.4 Å². The van der Waals surface area contributed by atoms with Crippen LogP contribution in [0.3, 0.4) is 0 Å². The molecule has 0 spiro atoms. The first-order valence-electron chi connectivity index (χ1n) is 3.28. The Morgan fingerprint density at radius 3 is 0.750 bits per heavy atom. The Bertz CT molecular complexity index is 167. The van der Waals surface area contributed by atoms with Gasteiger partial charge in [0.2, 0.25) is 0 Å². The summed E-state index contributed by atoms with van der Waals surface area (Å²) in [6.07, 6.45) is 12.8. The van der Waals surface area contributed by atoms with Gasteiger partial charge < -0.3 is 0 Å². The summed E-state index contributed by atoms with van der Waals surface area (Å²) >= 11 is 0. The van der Waals surface area contributed by atoms with Gasteiger partial charge in [-0.3, -0.25) is 19.6 Å². The third-order valence-electron chi connectivity index (χ3n) is 0.870. The number of rotatable bonds is 0. The minimum Gasteiger partial charge on any atom is -0.299 e. The van der Waals surface area contributed by atoms with Crippen molar-refractivity contribution in [2.24, 2.45) is 0 Å². The first-order chi connectivity index (χ1) is 6.00. The quantitative estimate of drug-likeness (QED) is 0.518. The van der Waals surface area contributed by atoms with Crippen molar-refractivity contribution in [1.29, 1.82) is 0 Å². The molecule has 0 amide bonds. The fourth-order valence-corrected chi connectivity index (χ4v) is 0.438. The Morgan fingerprint density at radius 1 is 0.417 bits per heavy atom. The van der Waals surface area contributed by atoms with Crippen molar-refractivity contribution in [3.63, 3.8) is 0 Å². The van der Waals surface area contributed by atoms with E-state index in [1.54, 1.807) is 24.3 Å². The fourth-order valence-electron chi connectivity index (χ4n) is 0.438. The first-order valence-corrected chi connectivity index (χ1v) is 3.28. The molecular weight excluding hydrogens is 160 g/mol. The van der Waals surface area contributed by atoms with Crippen LogP contribution in [0.4, 0.5) is 0 Å². The monoisotopic (exact) mass is 168 g/mol. The molecule has 2 rings (SSSR count). The van der Waals surface area contributed by atoms with E-state index in [4.69, 9.17) is 0 Å². The molecule has 2 aliphatic rings. The highest BCUT2D eigenvalue weighted by Gasteiger charge is 1.76. The summed E-state index contributed by atoms with van der Waals surface area (Å²) in [5, 5.41) is 0. The van der Waals surface area contributed by atoms with Gasteiger partial charge in [0, 0.05) is 0 Å². The van der Waals surface area contributed by atoms with E-state index in [0.717, 1.165) is 0 Å². The lowest BCUT2D eigenvalue weighted by Gasteiger charge is -1.94. The van der Waals surface area contributed by atoms with Gasteiger partial charge in [0.25, 0.3) is 0 Å². The fraction of sp³-hybridized carbons (Fsp3) is 0. The van der Waals surface area contributed by atoms with Crippen LogP contribution < -0.4 is 0 Å². The molecule has 4 nitrogen and oxygen atoms in total. The van der Waals surface area contributed by atoms with E-state index in [9.17, 15) is 0 Å². The molecule has 0 aromatic heterocycles. The second-order valence-electron chi connectivity index (χ2n) is 1.70. The SMILES string of the molecule is C1=COOC=C1.C1=COOC=C1. The van der Waals surface area contributed by atoms with Crippen molar-refractivity contribution in [3.05, 3.63) is 49.4 Å². The van der Waals surface area contributed by atoms with Gasteiger partial charge >= 0.3 is 0 Å². The molecule has 4 heteroatoms. The maximum Gasteiger partial charge on any atom is 0.142 e. The summed E-state index contributed by atoms with van der Waals surface area (Å²) in [7, 11) is 0. The Balaban J connectivity index is 0.000000120. The normalized spacial score (nSPS) is 16.0. The summed E-state index contributed by atoms with van der Waals surface area (Å²) in [5.74, 6) is 0. The number of hydrogen-bond acceptors (Lipinski definition) is 4. The molecule has 0 saturated heterocycles. The average molecular weight is 168 g/mol. The van der Waals surface area contributed by atoms with Gasteiger partial charge in [-0.2, -0.15) is 0 Å². The minimum absolute atomic E-state index is 1.46. The van der Waals surface area contributed by atoms with Crippen LogP contribution in [-0.2, 0) is 19.6 Å². The van der Waals surface area contributed by atoms with E-state index < -0.39 is 0 Å². The van der Waals surface area contributed by atoms with Crippen LogP contribution in [0.25, 0.3) is 0 Å².